The highest BCUT2D eigenvalue weighted by Crippen LogP contribution is 2.30. The summed E-state index contributed by atoms with van der Waals surface area (Å²) in [6, 6.07) is 8.60. The second kappa shape index (κ2) is 7.13. The van der Waals surface area contributed by atoms with Crippen molar-refractivity contribution < 1.29 is 23.8 Å². The molecular formula is C16H14ClFO4. The Bertz CT molecular complexity index is 668. The third-order valence-electron chi connectivity index (χ3n) is 2.92. The van der Waals surface area contributed by atoms with Crippen molar-refractivity contribution in [1.82, 2.24) is 0 Å². The molecule has 2 aromatic carbocycles. The number of carbonyl (C=O) groups is 1. The molecule has 0 fully saturated rings. The van der Waals surface area contributed by atoms with Crippen LogP contribution in [0.5, 0.6) is 11.5 Å². The van der Waals surface area contributed by atoms with Crippen LogP contribution in [0.2, 0.25) is 5.02 Å². The average molecular weight is 325 g/mol. The Hall–Kier alpha value is -2.27. The van der Waals surface area contributed by atoms with Gasteiger partial charge in [0.15, 0.2) is 11.5 Å². The van der Waals surface area contributed by atoms with E-state index < -0.39 is 11.8 Å². The molecule has 0 atom stereocenters. The highest BCUT2D eigenvalue weighted by molar-refractivity contribution is 6.31. The second-order valence-corrected chi connectivity index (χ2v) is 4.80. The van der Waals surface area contributed by atoms with Gasteiger partial charge in [0.2, 0.25) is 0 Å². The first-order valence-electron chi connectivity index (χ1n) is 6.58. The number of carboxylic acids is 1. The maximum absolute atomic E-state index is 13.7. The van der Waals surface area contributed by atoms with Gasteiger partial charge in [0, 0.05) is 5.56 Å². The van der Waals surface area contributed by atoms with Crippen molar-refractivity contribution in [2.75, 3.05) is 6.61 Å². The third kappa shape index (κ3) is 3.68. The van der Waals surface area contributed by atoms with Gasteiger partial charge >= 0.3 is 5.97 Å². The van der Waals surface area contributed by atoms with Gasteiger partial charge in [-0.05, 0) is 37.3 Å². The van der Waals surface area contributed by atoms with E-state index in [0.29, 0.717) is 12.4 Å². The van der Waals surface area contributed by atoms with E-state index in [2.05, 4.69) is 0 Å². The first-order valence-corrected chi connectivity index (χ1v) is 6.96. The van der Waals surface area contributed by atoms with Crippen molar-refractivity contribution in [2.45, 2.75) is 13.5 Å². The minimum atomic E-state index is -1.07. The molecule has 22 heavy (non-hydrogen) atoms. The largest absolute Gasteiger partial charge is 0.490 e. The van der Waals surface area contributed by atoms with Crippen LogP contribution in [-0.2, 0) is 6.61 Å². The van der Waals surface area contributed by atoms with Gasteiger partial charge in [-0.2, -0.15) is 0 Å². The van der Waals surface area contributed by atoms with Gasteiger partial charge in [-0.15, -0.1) is 0 Å². The molecule has 0 unspecified atom stereocenters. The van der Waals surface area contributed by atoms with E-state index in [9.17, 15) is 9.18 Å². The fourth-order valence-corrected chi connectivity index (χ4v) is 2.07. The van der Waals surface area contributed by atoms with Crippen LogP contribution in [-0.4, -0.2) is 17.7 Å². The van der Waals surface area contributed by atoms with Crippen LogP contribution in [0.4, 0.5) is 4.39 Å². The zero-order valence-corrected chi connectivity index (χ0v) is 12.6. The molecular weight excluding hydrogens is 311 g/mol. The number of aromatic carboxylic acids is 1. The molecule has 0 amide bonds. The molecule has 0 saturated carbocycles. The minimum Gasteiger partial charge on any atom is -0.490 e. The Morgan fingerprint density at radius 2 is 2.00 bits per heavy atom. The molecule has 0 saturated heterocycles. The summed E-state index contributed by atoms with van der Waals surface area (Å²) in [5, 5.41) is 9.25. The van der Waals surface area contributed by atoms with Crippen LogP contribution in [0.25, 0.3) is 0 Å². The normalized spacial score (nSPS) is 10.3. The van der Waals surface area contributed by atoms with E-state index in [4.69, 9.17) is 26.2 Å². The fraction of sp³-hybridized carbons (Fsp3) is 0.188. The summed E-state index contributed by atoms with van der Waals surface area (Å²) in [6.45, 7) is 2.03. The Labute approximate surface area is 132 Å². The van der Waals surface area contributed by atoms with Gasteiger partial charge in [0.25, 0.3) is 0 Å². The van der Waals surface area contributed by atoms with Gasteiger partial charge in [0.05, 0.1) is 17.2 Å². The number of benzene rings is 2. The quantitative estimate of drug-likeness (QED) is 0.867. The topological polar surface area (TPSA) is 55.8 Å². The molecule has 6 heteroatoms. The zero-order chi connectivity index (χ0) is 16.1. The van der Waals surface area contributed by atoms with Gasteiger partial charge in [-0.3, -0.25) is 0 Å². The average Bonchev–Trinajstić information content (AvgIpc) is 2.48. The van der Waals surface area contributed by atoms with Crippen molar-refractivity contribution in [2.24, 2.45) is 0 Å². The monoisotopic (exact) mass is 324 g/mol. The van der Waals surface area contributed by atoms with Gasteiger partial charge in [-0.25, -0.2) is 9.18 Å². The van der Waals surface area contributed by atoms with Crippen LogP contribution in [0.15, 0.2) is 36.4 Å². The van der Waals surface area contributed by atoms with Gasteiger partial charge < -0.3 is 14.6 Å². The van der Waals surface area contributed by atoms with Crippen molar-refractivity contribution in [1.29, 1.82) is 0 Å². The zero-order valence-electron chi connectivity index (χ0n) is 11.8. The highest BCUT2D eigenvalue weighted by atomic mass is 35.5. The predicted molar refractivity (Wildman–Crippen MR) is 80.3 cm³/mol. The summed E-state index contributed by atoms with van der Waals surface area (Å²) < 4.78 is 24.6. The number of ether oxygens (including phenoxy) is 2. The van der Waals surface area contributed by atoms with Crippen LogP contribution in [0.3, 0.4) is 0 Å². The molecule has 1 N–H and O–H groups in total. The van der Waals surface area contributed by atoms with E-state index in [1.165, 1.54) is 30.3 Å². The van der Waals surface area contributed by atoms with E-state index in [1.54, 1.807) is 13.0 Å². The summed E-state index contributed by atoms with van der Waals surface area (Å²) >= 11 is 5.93. The second-order valence-electron chi connectivity index (χ2n) is 4.39. The maximum Gasteiger partial charge on any atom is 0.335 e. The summed E-state index contributed by atoms with van der Waals surface area (Å²) in [4.78, 5) is 11.0. The van der Waals surface area contributed by atoms with Gasteiger partial charge in [-0.1, -0.05) is 17.7 Å². The molecule has 4 nitrogen and oxygen atoms in total. The van der Waals surface area contributed by atoms with E-state index in [0.717, 1.165) is 0 Å². The first kappa shape index (κ1) is 16.1. The van der Waals surface area contributed by atoms with Crippen molar-refractivity contribution in [3.05, 3.63) is 58.4 Å². The molecule has 0 radical (unpaired) electrons. The van der Waals surface area contributed by atoms with E-state index in [-0.39, 0.29) is 28.5 Å². The molecule has 2 aromatic rings. The summed E-state index contributed by atoms with van der Waals surface area (Å²) in [6.07, 6.45) is 0. The number of hydrogen-bond acceptors (Lipinski definition) is 3. The van der Waals surface area contributed by atoms with Crippen LogP contribution in [0, 0.1) is 5.82 Å². The van der Waals surface area contributed by atoms with E-state index >= 15 is 0 Å². The molecule has 0 bridgehead atoms. The molecule has 0 aliphatic heterocycles. The summed E-state index contributed by atoms with van der Waals surface area (Å²) in [7, 11) is 0. The maximum atomic E-state index is 13.7. The van der Waals surface area contributed by atoms with Crippen LogP contribution in [0.1, 0.15) is 22.8 Å². The Morgan fingerprint density at radius 1 is 1.23 bits per heavy atom. The molecule has 2 rings (SSSR count). The first-order chi connectivity index (χ1) is 10.5. The minimum absolute atomic E-state index is 0.0831. The van der Waals surface area contributed by atoms with Crippen LogP contribution >= 0.6 is 11.6 Å². The number of carboxylic acid groups (broad SMARTS) is 1. The molecule has 0 aromatic heterocycles. The van der Waals surface area contributed by atoms with Crippen LogP contribution < -0.4 is 9.47 Å². The Morgan fingerprint density at radius 3 is 2.64 bits per heavy atom. The summed E-state index contributed by atoms with van der Waals surface area (Å²) in [5.74, 6) is -0.918. The SMILES string of the molecule is CCOc1cc(C(=O)O)ccc1OCc1c(F)cccc1Cl. The smallest absolute Gasteiger partial charge is 0.335 e. The lowest BCUT2D eigenvalue weighted by molar-refractivity contribution is 0.0696. The molecule has 0 aliphatic rings. The lowest BCUT2D eigenvalue weighted by Gasteiger charge is -2.13. The fourth-order valence-electron chi connectivity index (χ4n) is 1.85. The number of halogens is 2. The Balaban J connectivity index is 2.23. The lowest BCUT2D eigenvalue weighted by Crippen LogP contribution is -2.04. The lowest BCUT2D eigenvalue weighted by atomic mass is 10.2. The Kier molecular flexibility index (Phi) is 5.22. The van der Waals surface area contributed by atoms with Gasteiger partial charge in [0.1, 0.15) is 12.4 Å². The highest BCUT2D eigenvalue weighted by Gasteiger charge is 2.13. The number of rotatable bonds is 6. The molecule has 0 aliphatic carbocycles. The third-order valence-corrected chi connectivity index (χ3v) is 3.28. The standard InChI is InChI=1S/C16H14ClFO4/c1-2-21-15-8-10(16(19)20)6-7-14(15)22-9-11-12(17)4-3-5-13(11)18/h3-8H,2,9H2,1H3,(H,19,20). The number of hydrogen-bond donors (Lipinski definition) is 1. The van der Waals surface area contributed by atoms with Crippen molar-refractivity contribution >= 4 is 17.6 Å². The molecule has 116 valence electrons. The van der Waals surface area contributed by atoms with E-state index in [1.807, 2.05) is 0 Å². The molecule has 0 heterocycles. The van der Waals surface area contributed by atoms with Crippen molar-refractivity contribution in [3.63, 3.8) is 0 Å². The summed E-state index contributed by atoms with van der Waals surface area (Å²) in [5.41, 5.74) is 0.314. The van der Waals surface area contributed by atoms with Crippen molar-refractivity contribution in [3.8, 4) is 11.5 Å². The molecule has 0 spiro atoms. The predicted octanol–water partition coefficient (Wildman–Crippen LogP) is 4.16.